The number of rotatable bonds is 3. The molecule has 0 spiro atoms. The van der Waals surface area contributed by atoms with Crippen molar-refractivity contribution in [2.24, 2.45) is 0 Å². The van der Waals surface area contributed by atoms with Crippen LogP contribution in [0.15, 0.2) is 24.8 Å². The highest BCUT2D eigenvalue weighted by Crippen LogP contribution is 2.12. The average molecular weight is 224 g/mol. The van der Waals surface area contributed by atoms with Crippen molar-refractivity contribution in [2.45, 2.75) is 18.9 Å². The zero-order chi connectivity index (χ0) is 12.3. The maximum absolute atomic E-state index is 11.4. The highest BCUT2D eigenvalue weighted by atomic mass is 16.5. The Balaban J connectivity index is 2.74. The lowest BCUT2D eigenvalue weighted by Crippen LogP contribution is -2.53. The molecule has 86 valence electrons. The fourth-order valence-corrected chi connectivity index (χ4v) is 1.29. The van der Waals surface area contributed by atoms with Crippen LogP contribution in [0, 0.1) is 0 Å². The monoisotopic (exact) mass is 224 g/mol. The van der Waals surface area contributed by atoms with Crippen molar-refractivity contribution in [3.8, 4) is 0 Å². The summed E-state index contributed by atoms with van der Waals surface area (Å²) in [7, 11) is 0. The Bertz CT molecular complexity index is 375. The van der Waals surface area contributed by atoms with Gasteiger partial charge in [-0.25, -0.2) is 5.06 Å². The van der Waals surface area contributed by atoms with Gasteiger partial charge in [-0.1, -0.05) is 19.2 Å². The molecule has 0 saturated carbocycles. The van der Waals surface area contributed by atoms with Crippen molar-refractivity contribution >= 4 is 17.7 Å². The molecule has 16 heavy (non-hydrogen) atoms. The highest BCUT2D eigenvalue weighted by molar-refractivity contribution is 6.03. The number of amides is 3. The first kappa shape index (κ1) is 12.1. The number of nitrogens with one attached hydrogen (secondary N) is 1. The molecule has 0 aromatic heterocycles. The smallest absolute Gasteiger partial charge is 0.277 e. The minimum atomic E-state index is -1.05. The third kappa shape index (κ3) is 2.34. The predicted molar refractivity (Wildman–Crippen MR) is 54.1 cm³/mol. The first-order valence-corrected chi connectivity index (χ1v) is 4.65. The maximum atomic E-state index is 11.4. The fraction of sp³-hybridized carbons (Fsp3) is 0.300. The van der Waals surface area contributed by atoms with Crippen molar-refractivity contribution in [3.05, 3.63) is 24.8 Å². The molecule has 1 rings (SSSR count). The number of imide groups is 1. The largest absolute Gasteiger partial charge is 0.295 e. The first-order valence-electron chi connectivity index (χ1n) is 4.65. The third-order valence-corrected chi connectivity index (χ3v) is 2.23. The second-order valence-electron chi connectivity index (χ2n) is 3.35. The normalized spacial score (nSPS) is 19.9. The fourth-order valence-electron chi connectivity index (χ4n) is 1.29. The van der Waals surface area contributed by atoms with E-state index in [4.69, 9.17) is 0 Å². The van der Waals surface area contributed by atoms with Crippen molar-refractivity contribution in [1.82, 2.24) is 10.4 Å². The van der Waals surface area contributed by atoms with Gasteiger partial charge in [0.15, 0.2) is 0 Å². The van der Waals surface area contributed by atoms with E-state index in [2.05, 4.69) is 13.2 Å². The van der Waals surface area contributed by atoms with E-state index in [9.17, 15) is 19.6 Å². The Morgan fingerprint density at radius 2 is 2.19 bits per heavy atom. The second-order valence-corrected chi connectivity index (χ2v) is 3.35. The summed E-state index contributed by atoms with van der Waals surface area (Å²) in [5.74, 6) is -1.90. The molecule has 0 aliphatic carbocycles. The van der Waals surface area contributed by atoms with Gasteiger partial charge in [0.25, 0.3) is 11.8 Å². The van der Waals surface area contributed by atoms with E-state index in [1.807, 2.05) is 5.32 Å². The third-order valence-electron chi connectivity index (χ3n) is 2.23. The lowest BCUT2D eigenvalue weighted by molar-refractivity contribution is -0.178. The zero-order valence-corrected chi connectivity index (χ0v) is 8.60. The standard InChI is InChI=1S/C10H12N2O4/c1-3-6(2)10(15)12(16)7-4-5-8(13)11-9(7)14/h3,7,16H,1-2,4-5H2,(H,11,13,14). The van der Waals surface area contributed by atoms with Crippen molar-refractivity contribution < 1.29 is 19.6 Å². The molecule has 0 aromatic carbocycles. The van der Waals surface area contributed by atoms with Crippen LogP contribution in [0.5, 0.6) is 0 Å². The van der Waals surface area contributed by atoms with E-state index in [0.717, 1.165) is 0 Å². The van der Waals surface area contributed by atoms with Crippen LogP contribution in [0.3, 0.4) is 0 Å². The lowest BCUT2D eigenvalue weighted by atomic mass is 10.1. The van der Waals surface area contributed by atoms with Gasteiger partial charge in [0.05, 0.1) is 0 Å². The molecule has 2 N–H and O–H groups in total. The van der Waals surface area contributed by atoms with Crippen LogP contribution < -0.4 is 5.32 Å². The van der Waals surface area contributed by atoms with E-state index in [-0.39, 0.29) is 23.5 Å². The summed E-state index contributed by atoms with van der Waals surface area (Å²) in [5.41, 5.74) is -0.0211. The minimum absolute atomic E-state index is 0.0211. The molecule has 1 aliphatic heterocycles. The van der Waals surface area contributed by atoms with E-state index in [1.54, 1.807) is 0 Å². The van der Waals surface area contributed by atoms with Crippen molar-refractivity contribution in [1.29, 1.82) is 0 Å². The van der Waals surface area contributed by atoms with Gasteiger partial charge in [-0.15, -0.1) is 0 Å². The lowest BCUT2D eigenvalue weighted by Gasteiger charge is -2.27. The molecule has 1 fully saturated rings. The van der Waals surface area contributed by atoms with Crippen LogP contribution in [-0.4, -0.2) is 34.0 Å². The van der Waals surface area contributed by atoms with Gasteiger partial charge in [-0.05, 0) is 6.42 Å². The Morgan fingerprint density at radius 3 is 2.69 bits per heavy atom. The van der Waals surface area contributed by atoms with Gasteiger partial charge in [-0.3, -0.25) is 24.9 Å². The molecule has 6 heteroatoms. The van der Waals surface area contributed by atoms with Crippen LogP contribution in [0.1, 0.15) is 12.8 Å². The molecule has 0 bridgehead atoms. The zero-order valence-electron chi connectivity index (χ0n) is 8.60. The summed E-state index contributed by atoms with van der Waals surface area (Å²) in [6.45, 7) is 6.69. The maximum Gasteiger partial charge on any atom is 0.277 e. The van der Waals surface area contributed by atoms with Crippen molar-refractivity contribution in [3.63, 3.8) is 0 Å². The topological polar surface area (TPSA) is 86.7 Å². The van der Waals surface area contributed by atoms with E-state index in [1.165, 1.54) is 6.08 Å². The first-order chi connectivity index (χ1) is 7.47. The van der Waals surface area contributed by atoms with Crippen LogP contribution in [0.25, 0.3) is 0 Å². The molecular formula is C10H12N2O4. The van der Waals surface area contributed by atoms with Crippen LogP contribution in [0.2, 0.25) is 0 Å². The molecule has 1 aliphatic rings. The number of hydrogen-bond acceptors (Lipinski definition) is 4. The molecular weight excluding hydrogens is 212 g/mol. The van der Waals surface area contributed by atoms with E-state index in [0.29, 0.717) is 0 Å². The van der Waals surface area contributed by atoms with Gasteiger partial charge >= 0.3 is 0 Å². The number of carbonyl (C=O) groups excluding carboxylic acids is 3. The summed E-state index contributed by atoms with van der Waals surface area (Å²) in [6, 6.07) is -1.05. The summed E-state index contributed by atoms with van der Waals surface area (Å²) >= 11 is 0. The Labute approximate surface area is 92.2 Å². The summed E-state index contributed by atoms with van der Waals surface area (Å²) in [5, 5.41) is 11.8. The highest BCUT2D eigenvalue weighted by Gasteiger charge is 2.34. The number of nitrogens with zero attached hydrogens (tertiary/aromatic N) is 1. The minimum Gasteiger partial charge on any atom is -0.295 e. The summed E-state index contributed by atoms with van der Waals surface area (Å²) in [6.07, 6.45) is 1.36. The van der Waals surface area contributed by atoms with E-state index >= 15 is 0 Å². The second kappa shape index (κ2) is 4.71. The SMILES string of the molecule is C=CC(=C)C(=O)N(O)C1CCC(=O)NC1=O. The Kier molecular flexibility index (Phi) is 3.57. The quantitative estimate of drug-likeness (QED) is 0.227. The summed E-state index contributed by atoms with van der Waals surface area (Å²) < 4.78 is 0. The molecule has 1 heterocycles. The Hall–Kier alpha value is -1.95. The molecule has 0 aromatic rings. The van der Waals surface area contributed by atoms with Crippen LogP contribution in [-0.2, 0) is 14.4 Å². The van der Waals surface area contributed by atoms with Gasteiger partial charge in [-0.2, -0.15) is 0 Å². The summed E-state index contributed by atoms with van der Waals surface area (Å²) in [4.78, 5) is 33.6. The molecule has 6 nitrogen and oxygen atoms in total. The number of piperidine rings is 1. The average Bonchev–Trinajstić information content (AvgIpc) is 2.26. The van der Waals surface area contributed by atoms with Crippen LogP contribution in [0.4, 0.5) is 0 Å². The molecule has 3 amide bonds. The van der Waals surface area contributed by atoms with Gasteiger partial charge in [0.1, 0.15) is 6.04 Å². The van der Waals surface area contributed by atoms with Gasteiger partial charge in [0, 0.05) is 12.0 Å². The number of hydroxylamine groups is 2. The molecule has 0 radical (unpaired) electrons. The van der Waals surface area contributed by atoms with Gasteiger partial charge in [0.2, 0.25) is 5.91 Å². The number of hydrogen-bond donors (Lipinski definition) is 2. The predicted octanol–water partition coefficient (Wildman–Crippen LogP) is -0.248. The van der Waals surface area contributed by atoms with Crippen molar-refractivity contribution in [2.75, 3.05) is 0 Å². The van der Waals surface area contributed by atoms with E-state index < -0.39 is 23.8 Å². The Morgan fingerprint density at radius 1 is 1.56 bits per heavy atom. The van der Waals surface area contributed by atoms with Crippen LogP contribution >= 0.6 is 0 Å². The molecule has 1 unspecified atom stereocenters. The molecule has 1 atom stereocenters. The molecule has 1 saturated heterocycles. The number of carbonyl (C=O) groups is 3. The van der Waals surface area contributed by atoms with Gasteiger partial charge < -0.3 is 0 Å².